The van der Waals surface area contributed by atoms with E-state index in [0.717, 1.165) is 5.92 Å². The average Bonchev–Trinajstić information content (AvgIpc) is 2.65. The van der Waals surface area contributed by atoms with E-state index in [1.807, 2.05) is 0 Å². The van der Waals surface area contributed by atoms with Crippen LogP contribution in [0.25, 0.3) is 0 Å². The Balaban J connectivity index is 2.11. The van der Waals surface area contributed by atoms with E-state index in [0.29, 0.717) is 5.41 Å². The summed E-state index contributed by atoms with van der Waals surface area (Å²) in [6.45, 7) is 7.04. The van der Waals surface area contributed by atoms with Crippen molar-refractivity contribution < 1.29 is 0 Å². The highest BCUT2D eigenvalue weighted by Gasteiger charge is 2.52. The third-order valence-corrected chi connectivity index (χ3v) is 3.11. The fourth-order valence-electron chi connectivity index (χ4n) is 2.63. The van der Waals surface area contributed by atoms with Crippen molar-refractivity contribution in [3.8, 4) is 0 Å². The van der Waals surface area contributed by atoms with Gasteiger partial charge in [-0.3, -0.25) is 0 Å². The summed E-state index contributed by atoms with van der Waals surface area (Å²) >= 11 is 0. The number of allylic oxidation sites excluding steroid dienone is 4. The first kappa shape index (κ1) is 6.05. The highest BCUT2D eigenvalue weighted by molar-refractivity contribution is 5.69. The molecule has 3 aliphatic carbocycles. The van der Waals surface area contributed by atoms with E-state index in [9.17, 15) is 0 Å². The topological polar surface area (TPSA) is 0 Å². The highest BCUT2D eigenvalue weighted by atomic mass is 14.6. The van der Waals surface area contributed by atoms with Gasteiger partial charge in [0.15, 0.2) is 0 Å². The van der Waals surface area contributed by atoms with Crippen LogP contribution in [0.1, 0.15) is 33.6 Å². The molecular weight excluding hydrogens is 132 g/mol. The average molecular weight is 146 g/mol. The van der Waals surface area contributed by atoms with E-state index in [-0.39, 0.29) is 0 Å². The molecule has 0 aliphatic heterocycles. The Hall–Kier alpha value is -0.520. The predicted octanol–water partition coefficient (Wildman–Crippen LogP) is 3.06. The van der Waals surface area contributed by atoms with Crippen molar-refractivity contribution in [2.75, 3.05) is 0 Å². The van der Waals surface area contributed by atoms with Crippen LogP contribution < -0.4 is 0 Å². The lowest BCUT2D eigenvalue weighted by molar-refractivity contribution is 0.511. The molecule has 0 heterocycles. The van der Waals surface area contributed by atoms with E-state index in [2.05, 4.69) is 20.8 Å². The molecule has 0 N–H and O–H groups in total. The van der Waals surface area contributed by atoms with Gasteiger partial charge in [-0.05, 0) is 29.4 Å². The zero-order valence-electron chi connectivity index (χ0n) is 7.49. The van der Waals surface area contributed by atoms with Crippen LogP contribution in [-0.2, 0) is 0 Å². The van der Waals surface area contributed by atoms with Gasteiger partial charge in [-0.2, -0.15) is 0 Å². The van der Waals surface area contributed by atoms with Gasteiger partial charge in [0.25, 0.3) is 0 Å². The Kier molecular flexibility index (Phi) is 0.742. The maximum absolute atomic E-state index is 2.35. The number of hydrogen-bond acceptors (Lipinski definition) is 0. The molecule has 0 nitrogen and oxygen atoms in total. The van der Waals surface area contributed by atoms with E-state index >= 15 is 0 Å². The van der Waals surface area contributed by atoms with Gasteiger partial charge in [-0.1, -0.05) is 31.9 Å². The van der Waals surface area contributed by atoms with Gasteiger partial charge in [-0.15, -0.1) is 0 Å². The van der Waals surface area contributed by atoms with Crippen molar-refractivity contribution >= 4 is 0 Å². The molecule has 3 rings (SSSR count). The Morgan fingerprint density at radius 2 is 1.91 bits per heavy atom. The molecule has 1 atom stereocenters. The van der Waals surface area contributed by atoms with E-state index < -0.39 is 0 Å². The molecule has 0 spiro atoms. The summed E-state index contributed by atoms with van der Waals surface area (Å²) in [4.78, 5) is 0. The van der Waals surface area contributed by atoms with Crippen LogP contribution >= 0.6 is 0 Å². The van der Waals surface area contributed by atoms with Crippen molar-refractivity contribution in [2.24, 2.45) is 11.3 Å². The summed E-state index contributed by atoms with van der Waals surface area (Å²) in [6, 6.07) is 0. The lowest BCUT2D eigenvalue weighted by Gasteiger charge is -2.20. The molecule has 0 saturated heterocycles. The molecule has 0 aromatic heterocycles. The molecule has 1 unspecified atom stereocenters. The maximum atomic E-state index is 2.35. The van der Waals surface area contributed by atoms with Crippen LogP contribution in [0.3, 0.4) is 0 Å². The van der Waals surface area contributed by atoms with E-state index in [1.54, 1.807) is 22.3 Å². The molecule has 0 aromatic carbocycles. The maximum Gasteiger partial charge on any atom is 0.00604 e. The Morgan fingerprint density at radius 1 is 1.18 bits per heavy atom. The van der Waals surface area contributed by atoms with Crippen molar-refractivity contribution in [1.82, 2.24) is 0 Å². The van der Waals surface area contributed by atoms with Crippen LogP contribution in [0.5, 0.6) is 0 Å². The lowest BCUT2D eigenvalue weighted by atomic mass is 9.84. The van der Waals surface area contributed by atoms with Gasteiger partial charge in [0.1, 0.15) is 0 Å². The smallest absolute Gasteiger partial charge is 0.00604 e. The van der Waals surface area contributed by atoms with Gasteiger partial charge in [0.05, 0.1) is 0 Å². The molecular formula is C11H14. The number of rotatable bonds is 0. The second kappa shape index (κ2) is 1.35. The molecule has 3 aliphatic rings. The Labute approximate surface area is 68.0 Å². The van der Waals surface area contributed by atoms with Crippen molar-refractivity contribution in [1.29, 1.82) is 0 Å². The summed E-state index contributed by atoms with van der Waals surface area (Å²) in [5, 5.41) is 0. The van der Waals surface area contributed by atoms with Gasteiger partial charge in [-0.25, -0.2) is 0 Å². The van der Waals surface area contributed by atoms with Gasteiger partial charge in [0, 0.05) is 5.92 Å². The van der Waals surface area contributed by atoms with E-state index in [4.69, 9.17) is 0 Å². The first-order valence-electron chi connectivity index (χ1n) is 4.55. The first-order valence-corrected chi connectivity index (χ1v) is 4.55. The fourth-order valence-corrected chi connectivity index (χ4v) is 2.63. The minimum absolute atomic E-state index is 0.428. The fraction of sp³-hybridized carbons (Fsp3) is 0.636. The first-order chi connectivity index (χ1) is 5.09. The van der Waals surface area contributed by atoms with Crippen LogP contribution in [-0.4, -0.2) is 0 Å². The summed E-state index contributed by atoms with van der Waals surface area (Å²) in [5.41, 5.74) is 7.48. The number of hydrogen-bond donors (Lipinski definition) is 0. The van der Waals surface area contributed by atoms with Crippen LogP contribution in [0.4, 0.5) is 0 Å². The lowest BCUT2D eigenvalue weighted by Crippen LogP contribution is -2.08. The molecule has 0 aromatic rings. The normalized spacial score (nSPS) is 32.5. The van der Waals surface area contributed by atoms with Gasteiger partial charge < -0.3 is 0 Å². The molecule has 1 saturated carbocycles. The molecule has 1 fully saturated rings. The summed E-state index contributed by atoms with van der Waals surface area (Å²) in [6.07, 6.45) is 2.77. The third-order valence-electron chi connectivity index (χ3n) is 3.11. The second-order valence-electron chi connectivity index (χ2n) is 5.09. The molecule has 11 heavy (non-hydrogen) atoms. The Morgan fingerprint density at radius 3 is 2.27 bits per heavy atom. The minimum atomic E-state index is 0.428. The third kappa shape index (κ3) is 0.610. The summed E-state index contributed by atoms with van der Waals surface area (Å²) in [5.74, 6) is 0.958. The van der Waals surface area contributed by atoms with Crippen molar-refractivity contribution in [3.05, 3.63) is 22.3 Å². The standard InChI is InChI=1S/C11H14/c1-11(2,3)10-8-4-6(8)7-5-9(7)10/h6H,4-5H2,1-3H3. The van der Waals surface area contributed by atoms with Crippen LogP contribution in [0.15, 0.2) is 22.3 Å². The van der Waals surface area contributed by atoms with Gasteiger partial charge >= 0.3 is 0 Å². The van der Waals surface area contributed by atoms with Crippen molar-refractivity contribution in [3.63, 3.8) is 0 Å². The highest BCUT2D eigenvalue weighted by Crippen LogP contribution is 2.67. The zero-order chi connectivity index (χ0) is 7.80. The quantitative estimate of drug-likeness (QED) is 0.492. The molecule has 0 radical (unpaired) electrons. The Bertz CT molecular complexity index is 307. The summed E-state index contributed by atoms with van der Waals surface area (Å²) in [7, 11) is 0. The second-order valence-corrected chi connectivity index (χ2v) is 5.09. The molecule has 0 heteroatoms. The largest absolute Gasteiger partial charge is 0.0578 e. The number of fused-ring (bicyclic) bond motifs is 2. The molecule has 0 amide bonds. The molecule has 58 valence electrons. The minimum Gasteiger partial charge on any atom is -0.0578 e. The monoisotopic (exact) mass is 146 g/mol. The van der Waals surface area contributed by atoms with E-state index in [1.165, 1.54) is 12.8 Å². The van der Waals surface area contributed by atoms with Crippen LogP contribution in [0.2, 0.25) is 0 Å². The SMILES string of the molecule is CC(C)(C)C1=C2CC2C2=C1C2. The predicted molar refractivity (Wildman–Crippen MR) is 46.2 cm³/mol. The van der Waals surface area contributed by atoms with Crippen molar-refractivity contribution in [2.45, 2.75) is 33.6 Å². The molecule has 0 bridgehead atoms. The zero-order valence-corrected chi connectivity index (χ0v) is 7.49. The summed E-state index contributed by atoms with van der Waals surface area (Å²) < 4.78 is 0. The van der Waals surface area contributed by atoms with Gasteiger partial charge in [0.2, 0.25) is 0 Å². The van der Waals surface area contributed by atoms with Crippen LogP contribution in [0, 0.1) is 11.3 Å².